The van der Waals surface area contributed by atoms with E-state index in [0.29, 0.717) is 56.7 Å². The second kappa shape index (κ2) is 9.71. The maximum Gasteiger partial charge on any atom is 0.336 e. The van der Waals surface area contributed by atoms with Gasteiger partial charge in [0.05, 0.1) is 5.56 Å². The second-order valence-corrected chi connectivity index (χ2v) is 10.3. The maximum atomic E-state index is 12.3. The van der Waals surface area contributed by atoms with E-state index >= 15 is 0 Å². The van der Waals surface area contributed by atoms with E-state index in [1.807, 2.05) is 78.9 Å². The molecule has 209 valence electrons. The van der Waals surface area contributed by atoms with E-state index in [1.165, 1.54) is 0 Å². The van der Waals surface area contributed by atoms with Gasteiger partial charge in [-0.1, -0.05) is 84.9 Å². The smallest absolute Gasteiger partial charge is 0.336 e. The molecule has 0 amide bonds. The van der Waals surface area contributed by atoms with Gasteiger partial charge in [-0.3, -0.25) is 0 Å². The van der Waals surface area contributed by atoms with E-state index in [0.717, 1.165) is 33.0 Å². The van der Waals surface area contributed by atoms with Gasteiger partial charge < -0.3 is 15.1 Å². The Morgan fingerprint density at radius 3 is 1.34 bits per heavy atom. The van der Waals surface area contributed by atoms with Crippen molar-refractivity contribution < 1.29 is 30.3 Å². The van der Waals surface area contributed by atoms with Crippen molar-refractivity contribution in [2.24, 2.45) is 0 Å². The zero-order chi connectivity index (χ0) is 28.7. The van der Waals surface area contributed by atoms with Crippen molar-refractivity contribution in [2.45, 2.75) is 0 Å². The van der Waals surface area contributed by atoms with Crippen LogP contribution >= 0.6 is 0 Å². The number of nitrogens with zero attached hydrogens (tertiary/aromatic N) is 6. The van der Waals surface area contributed by atoms with Crippen LogP contribution in [0.2, 0.25) is 0 Å². The summed E-state index contributed by atoms with van der Waals surface area (Å²) in [5, 5.41) is 12.9. The molecule has 10 nitrogen and oxygen atoms in total. The topological polar surface area (TPSA) is 146 Å². The minimum absolute atomic E-state index is 0. The Morgan fingerprint density at radius 2 is 0.864 bits per heavy atom. The Hall–Kier alpha value is -5.63. The fraction of sp³-hybridized carbons (Fsp3) is 0. The molecule has 0 atom stereocenters. The van der Waals surface area contributed by atoms with Crippen LogP contribution in [-0.2, 0) is 20.4 Å². The summed E-state index contributed by atoms with van der Waals surface area (Å²) in [6.45, 7) is 0. The first kappa shape index (κ1) is 26.0. The number of carboxylic acids is 1. The molecule has 9 rings (SSSR count). The Balaban J connectivity index is 0.00000289. The van der Waals surface area contributed by atoms with E-state index < -0.39 is 5.97 Å². The molecule has 1 radical (unpaired) electrons. The zero-order valence-electron chi connectivity index (χ0n) is 22.6. The first-order chi connectivity index (χ1) is 21.1. The molecule has 4 aromatic carbocycles. The Labute approximate surface area is 261 Å². The molecular formula is C33H18N8O2Re. The van der Waals surface area contributed by atoms with Crippen molar-refractivity contribution in [3.8, 4) is 45.6 Å². The molecule has 11 heteroatoms. The molecule has 0 saturated carbocycles. The van der Waals surface area contributed by atoms with Gasteiger partial charge in [0.1, 0.15) is 22.6 Å². The van der Waals surface area contributed by atoms with Crippen LogP contribution in [0.3, 0.4) is 0 Å². The SMILES string of the molecule is O=C(O)c1cccc2c3nc4nc(nc5[nH]c(nc6nc(nc([nH]3)c12)-c1ccccc1-6)c1ccccc51)-c1ccccc1-4.[Re]. The number of carbonyl (C=O) groups is 1. The largest absolute Gasteiger partial charge is 0.478 e. The van der Waals surface area contributed by atoms with Gasteiger partial charge in [0, 0.05) is 64.2 Å². The Morgan fingerprint density at radius 1 is 0.477 bits per heavy atom. The molecular weight excluding hydrogens is 727 g/mol. The van der Waals surface area contributed by atoms with Crippen LogP contribution in [0, 0.1) is 0 Å². The number of aromatic amines is 2. The molecule has 2 aliphatic rings. The van der Waals surface area contributed by atoms with Crippen molar-refractivity contribution >= 4 is 50.1 Å². The maximum absolute atomic E-state index is 12.3. The summed E-state index contributed by atoms with van der Waals surface area (Å²) in [5.74, 6) is 0.791. The van der Waals surface area contributed by atoms with Gasteiger partial charge in [-0.2, -0.15) is 0 Å². The van der Waals surface area contributed by atoms with Crippen LogP contribution in [0.5, 0.6) is 0 Å². The predicted molar refractivity (Wildman–Crippen MR) is 163 cm³/mol. The average molecular weight is 745 g/mol. The molecule has 3 aromatic heterocycles. The predicted octanol–water partition coefficient (Wildman–Crippen LogP) is 6.56. The molecule has 7 aromatic rings. The standard InChI is InChI=1S/C33H18N8O2.Re/c42-33(43)23-15-7-14-22-24(23)32-40-30-21-13-6-5-12-20(21)28(38-30)36-26-17-9-2-1-8-16(17)25(34-26)35-27-18-10-3-4-11-19(18)29(37-27)39-31(22)41-32;/h1-15H,(H,42,43)(H2,34,35,36,37,38,39,40,41);. The Bertz CT molecular complexity index is 2510. The number of rotatable bonds is 1. The fourth-order valence-electron chi connectivity index (χ4n) is 5.87. The monoisotopic (exact) mass is 745 g/mol. The summed E-state index contributed by atoms with van der Waals surface area (Å²) in [5.41, 5.74) is 5.36. The number of carboxylic acid groups (broad SMARTS) is 1. The van der Waals surface area contributed by atoms with E-state index in [1.54, 1.807) is 12.1 Å². The van der Waals surface area contributed by atoms with Crippen LogP contribution in [0.15, 0.2) is 91.0 Å². The summed E-state index contributed by atoms with van der Waals surface area (Å²) in [6, 6.07) is 28.5. The van der Waals surface area contributed by atoms with Gasteiger partial charge in [-0.05, 0) is 6.07 Å². The second-order valence-electron chi connectivity index (χ2n) is 10.3. The molecule has 8 bridgehead atoms. The number of benzene rings is 4. The first-order valence-corrected chi connectivity index (χ1v) is 13.6. The summed E-state index contributed by atoms with van der Waals surface area (Å²) in [4.78, 5) is 48.5. The van der Waals surface area contributed by atoms with Crippen molar-refractivity contribution in [3.63, 3.8) is 0 Å². The summed E-state index contributed by atoms with van der Waals surface area (Å²) >= 11 is 0. The van der Waals surface area contributed by atoms with Crippen molar-refractivity contribution in [1.82, 2.24) is 39.9 Å². The zero-order valence-corrected chi connectivity index (χ0v) is 25.3. The van der Waals surface area contributed by atoms with Gasteiger partial charge in [0.15, 0.2) is 23.3 Å². The minimum Gasteiger partial charge on any atom is -0.478 e. The van der Waals surface area contributed by atoms with E-state index in [4.69, 9.17) is 29.9 Å². The number of H-pyrrole nitrogens is 2. The third-order valence-corrected chi connectivity index (χ3v) is 7.81. The van der Waals surface area contributed by atoms with Crippen LogP contribution in [0.4, 0.5) is 0 Å². The van der Waals surface area contributed by atoms with Gasteiger partial charge in [-0.15, -0.1) is 0 Å². The molecule has 0 unspecified atom stereocenters. The third kappa shape index (κ3) is 3.80. The van der Waals surface area contributed by atoms with E-state index in [9.17, 15) is 9.90 Å². The molecule has 5 heterocycles. The Kier molecular flexibility index (Phi) is 5.74. The van der Waals surface area contributed by atoms with E-state index in [-0.39, 0.29) is 26.0 Å². The molecule has 0 fully saturated rings. The van der Waals surface area contributed by atoms with Crippen LogP contribution in [0.1, 0.15) is 10.4 Å². The van der Waals surface area contributed by atoms with Crippen LogP contribution in [-0.4, -0.2) is 50.9 Å². The number of hydrogen-bond donors (Lipinski definition) is 3. The number of fused-ring (bicyclic) bond motifs is 20. The summed E-state index contributed by atoms with van der Waals surface area (Å²) in [7, 11) is 0. The van der Waals surface area contributed by atoms with Gasteiger partial charge in [0.2, 0.25) is 0 Å². The number of aromatic carboxylic acids is 1. The number of aromatic nitrogens is 8. The molecule has 0 saturated heterocycles. The van der Waals surface area contributed by atoms with Crippen LogP contribution in [0.25, 0.3) is 89.7 Å². The molecule has 0 spiro atoms. The summed E-state index contributed by atoms with van der Waals surface area (Å²) in [6.07, 6.45) is 0. The molecule has 0 aliphatic carbocycles. The molecule has 44 heavy (non-hydrogen) atoms. The van der Waals surface area contributed by atoms with Crippen molar-refractivity contribution in [3.05, 3.63) is 96.6 Å². The van der Waals surface area contributed by atoms with Crippen LogP contribution < -0.4 is 0 Å². The normalized spacial score (nSPS) is 11.6. The van der Waals surface area contributed by atoms with Gasteiger partial charge in [-0.25, -0.2) is 34.7 Å². The number of nitrogens with one attached hydrogen (secondary N) is 2. The third-order valence-electron chi connectivity index (χ3n) is 7.81. The molecule has 2 aliphatic heterocycles. The molecule has 3 N–H and O–H groups in total. The quantitative estimate of drug-likeness (QED) is 0.171. The van der Waals surface area contributed by atoms with E-state index in [2.05, 4.69) is 9.97 Å². The van der Waals surface area contributed by atoms with Gasteiger partial charge >= 0.3 is 5.97 Å². The minimum atomic E-state index is -1.07. The van der Waals surface area contributed by atoms with Crippen molar-refractivity contribution in [2.75, 3.05) is 0 Å². The summed E-state index contributed by atoms with van der Waals surface area (Å²) < 4.78 is 0. The average Bonchev–Trinajstić information content (AvgIpc) is 3.76. The number of hydrogen-bond acceptors (Lipinski definition) is 7. The van der Waals surface area contributed by atoms with Gasteiger partial charge in [0.25, 0.3) is 0 Å². The fourth-order valence-corrected chi connectivity index (χ4v) is 5.87. The first-order valence-electron chi connectivity index (χ1n) is 13.6. The van der Waals surface area contributed by atoms with Crippen molar-refractivity contribution in [1.29, 1.82) is 0 Å².